The third kappa shape index (κ3) is 3.10. The van der Waals surface area contributed by atoms with Crippen molar-refractivity contribution in [2.24, 2.45) is 5.92 Å². The molecule has 3 N–H and O–H groups in total. The van der Waals surface area contributed by atoms with Crippen LogP contribution in [0.25, 0.3) is 0 Å². The first kappa shape index (κ1) is 11.2. The number of nitrogens with two attached hydrogens (primary N) is 1. The van der Waals surface area contributed by atoms with Gasteiger partial charge in [-0.25, -0.2) is 4.98 Å². The summed E-state index contributed by atoms with van der Waals surface area (Å²) in [6, 6.07) is 3.85. The molecule has 4 nitrogen and oxygen atoms in total. The molecule has 1 aromatic heterocycles. The first-order valence-corrected chi connectivity index (χ1v) is 5.88. The Labute approximate surface area is 96.8 Å². The average molecular weight is 220 g/mol. The number of anilines is 2. The molecule has 1 fully saturated rings. The number of aromatic nitrogens is 1. The van der Waals surface area contributed by atoms with E-state index in [1.807, 2.05) is 12.1 Å². The summed E-state index contributed by atoms with van der Waals surface area (Å²) in [5, 5.41) is 3.43. The molecule has 2 heterocycles. The third-order valence-electron chi connectivity index (χ3n) is 3.21. The van der Waals surface area contributed by atoms with Crippen molar-refractivity contribution < 1.29 is 0 Å². The maximum Gasteiger partial charge on any atom is 0.125 e. The molecule has 0 bridgehead atoms. The van der Waals surface area contributed by atoms with E-state index >= 15 is 0 Å². The Kier molecular flexibility index (Phi) is 3.62. The molecular formula is C12H20N4. The summed E-state index contributed by atoms with van der Waals surface area (Å²) < 4.78 is 0. The number of hydrogen-bond donors (Lipinski definition) is 2. The molecule has 1 saturated heterocycles. The first-order valence-electron chi connectivity index (χ1n) is 5.88. The van der Waals surface area contributed by atoms with Gasteiger partial charge in [0, 0.05) is 24.5 Å². The standard InChI is InChI=1S/C12H20N4/c1-16-6-3-10(4-7-16)9-15-11-2-5-14-12(13)8-11/h2,5,8,10H,3-4,6-7,9H2,1H3,(H3,13,14,15). The fraction of sp³-hybridized carbons (Fsp3) is 0.583. The molecule has 0 radical (unpaired) electrons. The number of hydrogen-bond acceptors (Lipinski definition) is 4. The largest absolute Gasteiger partial charge is 0.385 e. The molecule has 0 saturated carbocycles. The normalized spacial score (nSPS) is 18.6. The van der Waals surface area contributed by atoms with E-state index in [1.165, 1.54) is 25.9 Å². The Morgan fingerprint density at radius 3 is 2.94 bits per heavy atom. The van der Waals surface area contributed by atoms with Gasteiger partial charge in [0.15, 0.2) is 0 Å². The van der Waals surface area contributed by atoms with Gasteiger partial charge in [0.2, 0.25) is 0 Å². The molecule has 0 amide bonds. The second kappa shape index (κ2) is 5.16. The van der Waals surface area contributed by atoms with E-state index < -0.39 is 0 Å². The van der Waals surface area contributed by atoms with Crippen LogP contribution in [0.4, 0.5) is 11.5 Å². The average Bonchev–Trinajstić information content (AvgIpc) is 2.28. The lowest BCUT2D eigenvalue weighted by Crippen LogP contribution is -2.32. The van der Waals surface area contributed by atoms with Crippen LogP contribution in [0.15, 0.2) is 18.3 Å². The van der Waals surface area contributed by atoms with Crippen LogP contribution < -0.4 is 11.1 Å². The van der Waals surface area contributed by atoms with Crippen molar-refractivity contribution in [1.29, 1.82) is 0 Å². The maximum atomic E-state index is 5.63. The second-order valence-corrected chi connectivity index (χ2v) is 4.60. The highest BCUT2D eigenvalue weighted by Crippen LogP contribution is 2.17. The Morgan fingerprint density at radius 2 is 2.25 bits per heavy atom. The molecule has 2 rings (SSSR count). The van der Waals surface area contributed by atoms with Crippen LogP contribution in [-0.4, -0.2) is 36.6 Å². The molecule has 0 spiro atoms. The maximum absolute atomic E-state index is 5.63. The van der Waals surface area contributed by atoms with Crippen molar-refractivity contribution in [3.8, 4) is 0 Å². The lowest BCUT2D eigenvalue weighted by molar-refractivity contribution is 0.226. The Bertz CT molecular complexity index is 332. The number of nitrogens with one attached hydrogen (secondary N) is 1. The third-order valence-corrected chi connectivity index (χ3v) is 3.21. The van der Waals surface area contributed by atoms with Gasteiger partial charge in [-0.1, -0.05) is 0 Å². The molecule has 1 aliphatic heterocycles. The topological polar surface area (TPSA) is 54.2 Å². The number of likely N-dealkylation sites (tertiary alicyclic amines) is 1. The van der Waals surface area contributed by atoms with Crippen molar-refractivity contribution in [1.82, 2.24) is 9.88 Å². The van der Waals surface area contributed by atoms with Crippen molar-refractivity contribution in [3.05, 3.63) is 18.3 Å². The number of nitrogens with zero attached hydrogens (tertiary/aromatic N) is 2. The predicted molar refractivity (Wildman–Crippen MR) is 67.4 cm³/mol. The molecule has 0 atom stereocenters. The van der Waals surface area contributed by atoms with Crippen molar-refractivity contribution in [3.63, 3.8) is 0 Å². The highest BCUT2D eigenvalue weighted by molar-refractivity contribution is 5.49. The van der Waals surface area contributed by atoms with Gasteiger partial charge in [0.25, 0.3) is 0 Å². The molecular weight excluding hydrogens is 200 g/mol. The summed E-state index contributed by atoms with van der Waals surface area (Å²) in [7, 11) is 2.19. The van der Waals surface area contributed by atoms with Crippen LogP contribution in [0.3, 0.4) is 0 Å². The van der Waals surface area contributed by atoms with Crippen LogP contribution >= 0.6 is 0 Å². The van der Waals surface area contributed by atoms with Crippen molar-refractivity contribution in [2.75, 3.05) is 37.7 Å². The van der Waals surface area contributed by atoms with Gasteiger partial charge in [-0.05, 0) is 45.0 Å². The van der Waals surface area contributed by atoms with Crippen LogP contribution in [0.5, 0.6) is 0 Å². The molecule has 0 aliphatic carbocycles. The van der Waals surface area contributed by atoms with E-state index in [0.29, 0.717) is 5.82 Å². The Balaban J connectivity index is 1.79. The van der Waals surface area contributed by atoms with Gasteiger partial charge in [0.05, 0.1) is 0 Å². The lowest BCUT2D eigenvalue weighted by Gasteiger charge is -2.29. The summed E-state index contributed by atoms with van der Waals surface area (Å²) in [5.41, 5.74) is 6.70. The van der Waals surface area contributed by atoms with E-state index in [1.54, 1.807) is 6.20 Å². The smallest absolute Gasteiger partial charge is 0.125 e. The number of rotatable bonds is 3. The Morgan fingerprint density at radius 1 is 1.50 bits per heavy atom. The minimum Gasteiger partial charge on any atom is -0.385 e. The lowest BCUT2D eigenvalue weighted by atomic mass is 9.97. The highest BCUT2D eigenvalue weighted by Gasteiger charge is 2.15. The van der Waals surface area contributed by atoms with Gasteiger partial charge >= 0.3 is 0 Å². The number of nitrogen functional groups attached to an aromatic ring is 1. The molecule has 0 aromatic carbocycles. The molecule has 0 unspecified atom stereocenters. The van der Waals surface area contributed by atoms with E-state index in [2.05, 4.69) is 22.2 Å². The van der Waals surface area contributed by atoms with E-state index in [0.717, 1.165) is 18.2 Å². The van der Waals surface area contributed by atoms with Crippen LogP contribution in [0, 0.1) is 5.92 Å². The zero-order valence-corrected chi connectivity index (χ0v) is 9.82. The van der Waals surface area contributed by atoms with Crippen LogP contribution in [0.1, 0.15) is 12.8 Å². The molecule has 4 heteroatoms. The van der Waals surface area contributed by atoms with E-state index in [9.17, 15) is 0 Å². The van der Waals surface area contributed by atoms with E-state index in [4.69, 9.17) is 5.73 Å². The predicted octanol–water partition coefficient (Wildman–Crippen LogP) is 1.42. The number of pyridine rings is 1. The van der Waals surface area contributed by atoms with Gasteiger partial charge in [0.1, 0.15) is 5.82 Å². The summed E-state index contributed by atoms with van der Waals surface area (Å²) in [6.07, 6.45) is 4.31. The summed E-state index contributed by atoms with van der Waals surface area (Å²) in [4.78, 5) is 6.37. The van der Waals surface area contributed by atoms with Crippen LogP contribution in [0.2, 0.25) is 0 Å². The van der Waals surface area contributed by atoms with Gasteiger partial charge in [-0.3, -0.25) is 0 Å². The summed E-state index contributed by atoms with van der Waals surface area (Å²) in [5.74, 6) is 1.36. The first-order chi connectivity index (χ1) is 7.74. The Hall–Kier alpha value is -1.29. The summed E-state index contributed by atoms with van der Waals surface area (Å²) >= 11 is 0. The fourth-order valence-corrected chi connectivity index (χ4v) is 2.09. The quantitative estimate of drug-likeness (QED) is 0.809. The minimum atomic E-state index is 0.577. The molecule has 88 valence electrons. The monoisotopic (exact) mass is 220 g/mol. The van der Waals surface area contributed by atoms with E-state index in [-0.39, 0.29) is 0 Å². The van der Waals surface area contributed by atoms with Gasteiger partial charge < -0.3 is 16.0 Å². The van der Waals surface area contributed by atoms with Gasteiger partial charge in [-0.2, -0.15) is 0 Å². The van der Waals surface area contributed by atoms with Crippen LogP contribution in [-0.2, 0) is 0 Å². The van der Waals surface area contributed by atoms with Gasteiger partial charge in [-0.15, -0.1) is 0 Å². The van der Waals surface area contributed by atoms with Crippen molar-refractivity contribution in [2.45, 2.75) is 12.8 Å². The minimum absolute atomic E-state index is 0.577. The summed E-state index contributed by atoms with van der Waals surface area (Å²) in [6.45, 7) is 3.47. The molecule has 1 aliphatic rings. The van der Waals surface area contributed by atoms with Crippen molar-refractivity contribution >= 4 is 11.5 Å². The zero-order chi connectivity index (χ0) is 11.4. The second-order valence-electron chi connectivity index (χ2n) is 4.60. The molecule has 1 aromatic rings. The number of piperidine rings is 1. The fourth-order valence-electron chi connectivity index (χ4n) is 2.09. The highest BCUT2D eigenvalue weighted by atomic mass is 15.1. The zero-order valence-electron chi connectivity index (χ0n) is 9.82. The molecule has 16 heavy (non-hydrogen) atoms. The SMILES string of the molecule is CN1CCC(CNc2ccnc(N)c2)CC1.